The van der Waals surface area contributed by atoms with Crippen molar-refractivity contribution in [1.29, 1.82) is 0 Å². The fourth-order valence-electron chi connectivity index (χ4n) is 1.73. The van der Waals surface area contributed by atoms with Crippen molar-refractivity contribution in [2.24, 2.45) is 5.10 Å². The van der Waals surface area contributed by atoms with Crippen molar-refractivity contribution in [2.75, 3.05) is 0 Å². The van der Waals surface area contributed by atoms with Gasteiger partial charge in [0.1, 0.15) is 5.82 Å². The van der Waals surface area contributed by atoms with E-state index in [-0.39, 0.29) is 31.1 Å². The van der Waals surface area contributed by atoms with Crippen LogP contribution in [0.3, 0.4) is 0 Å². The summed E-state index contributed by atoms with van der Waals surface area (Å²) in [6.45, 7) is 0.152. The topological polar surface area (TPSA) is 70.0 Å². The fourth-order valence-corrected chi connectivity index (χ4v) is 1.73. The molecule has 1 aromatic carbocycles. The van der Waals surface area contributed by atoms with Crippen LogP contribution >= 0.6 is 0 Å². The summed E-state index contributed by atoms with van der Waals surface area (Å²) in [5.74, 6) is -1.67. The van der Waals surface area contributed by atoms with Crippen molar-refractivity contribution in [1.82, 2.24) is 5.01 Å². The molecule has 5 nitrogen and oxygen atoms in total. The first-order chi connectivity index (χ1) is 8.54. The lowest BCUT2D eigenvalue weighted by Gasteiger charge is -2.11. The van der Waals surface area contributed by atoms with E-state index in [1.165, 1.54) is 17.1 Å². The maximum absolute atomic E-state index is 13.0. The normalized spacial score (nSPS) is 14.8. The number of aliphatic carboxylic acids is 1. The standard InChI is InChI=1S/C12H11FN2O3/c13-9-3-1-2-8(4-9)7-15-11(16)5-10(14-15)6-12(17)18/h1-4H,5-7H2,(H,17,18). The lowest BCUT2D eigenvalue weighted by atomic mass is 10.2. The van der Waals surface area contributed by atoms with Gasteiger partial charge in [0.15, 0.2) is 0 Å². The molecule has 1 aliphatic heterocycles. The Hall–Kier alpha value is -2.24. The molecule has 18 heavy (non-hydrogen) atoms. The Balaban J connectivity index is 2.07. The number of carboxylic acids is 1. The average molecular weight is 250 g/mol. The molecule has 0 saturated heterocycles. The molecular formula is C12H11FN2O3. The number of benzene rings is 1. The van der Waals surface area contributed by atoms with E-state index in [1.807, 2.05) is 0 Å². The van der Waals surface area contributed by atoms with Crippen LogP contribution in [0.15, 0.2) is 29.4 Å². The van der Waals surface area contributed by atoms with E-state index in [9.17, 15) is 14.0 Å². The molecule has 0 spiro atoms. The van der Waals surface area contributed by atoms with E-state index in [4.69, 9.17) is 5.11 Å². The van der Waals surface area contributed by atoms with Crippen LogP contribution in [0.25, 0.3) is 0 Å². The average Bonchev–Trinajstić information content (AvgIpc) is 2.58. The Kier molecular flexibility index (Phi) is 3.36. The third kappa shape index (κ3) is 2.91. The number of halogens is 1. The molecule has 1 amide bonds. The summed E-state index contributed by atoms with van der Waals surface area (Å²) in [6, 6.07) is 5.86. The number of hydrazone groups is 1. The highest BCUT2D eigenvalue weighted by Crippen LogP contribution is 2.15. The van der Waals surface area contributed by atoms with Gasteiger partial charge in [-0.15, -0.1) is 0 Å². The van der Waals surface area contributed by atoms with E-state index < -0.39 is 5.97 Å². The van der Waals surface area contributed by atoms with Crippen LogP contribution in [0.4, 0.5) is 4.39 Å². The fraction of sp³-hybridized carbons (Fsp3) is 0.250. The van der Waals surface area contributed by atoms with E-state index in [0.717, 1.165) is 0 Å². The summed E-state index contributed by atoms with van der Waals surface area (Å²) >= 11 is 0. The van der Waals surface area contributed by atoms with Crippen LogP contribution < -0.4 is 0 Å². The van der Waals surface area contributed by atoms with Crippen molar-refractivity contribution in [2.45, 2.75) is 19.4 Å². The molecule has 6 heteroatoms. The zero-order chi connectivity index (χ0) is 13.1. The maximum Gasteiger partial charge on any atom is 0.309 e. The molecule has 1 aromatic rings. The number of hydrogen-bond acceptors (Lipinski definition) is 3. The van der Waals surface area contributed by atoms with Gasteiger partial charge in [0.05, 0.1) is 25.1 Å². The first-order valence-electron chi connectivity index (χ1n) is 5.37. The second kappa shape index (κ2) is 4.95. The molecule has 0 aromatic heterocycles. The molecule has 0 fully saturated rings. The highest BCUT2D eigenvalue weighted by molar-refractivity contribution is 6.10. The molecular weight excluding hydrogens is 239 g/mol. The third-order valence-corrected chi connectivity index (χ3v) is 2.48. The van der Waals surface area contributed by atoms with Crippen LogP contribution in [-0.4, -0.2) is 27.7 Å². The van der Waals surface area contributed by atoms with E-state index in [1.54, 1.807) is 12.1 Å². The number of hydrogen-bond donors (Lipinski definition) is 1. The van der Waals surface area contributed by atoms with Gasteiger partial charge < -0.3 is 5.11 Å². The molecule has 94 valence electrons. The van der Waals surface area contributed by atoms with Crippen LogP contribution in [0, 0.1) is 5.82 Å². The van der Waals surface area contributed by atoms with Crippen molar-refractivity contribution in [3.63, 3.8) is 0 Å². The van der Waals surface area contributed by atoms with Crippen LogP contribution in [0.5, 0.6) is 0 Å². The third-order valence-electron chi connectivity index (χ3n) is 2.48. The Bertz CT molecular complexity index is 528. The van der Waals surface area contributed by atoms with Gasteiger partial charge in [-0.1, -0.05) is 12.1 Å². The Morgan fingerprint density at radius 2 is 2.28 bits per heavy atom. The number of carbonyl (C=O) groups is 2. The van der Waals surface area contributed by atoms with E-state index >= 15 is 0 Å². The molecule has 1 heterocycles. The quantitative estimate of drug-likeness (QED) is 0.877. The van der Waals surface area contributed by atoms with Crippen LogP contribution in [-0.2, 0) is 16.1 Å². The van der Waals surface area contributed by atoms with Crippen LogP contribution in [0.1, 0.15) is 18.4 Å². The monoisotopic (exact) mass is 250 g/mol. The highest BCUT2D eigenvalue weighted by Gasteiger charge is 2.25. The first kappa shape index (κ1) is 12.2. The molecule has 0 bridgehead atoms. The summed E-state index contributed by atoms with van der Waals surface area (Å²) in [7, 11) is 0. The molecule has 1 N–H and O–H groups in total. The number of nitrogens with zero attached hydrogens (tertiary/aromatic N) is 2. The summed E-state index contributed by atoms with van der Waals surface area (Å²) in [5.41, 5.74) is 0.938. The van der Waals surface area contributed by atoms with Crippen molar-refractivity contribution >= 4 is 17.6 Å². The highest BCUT2D eigenvalue weighted by atomic mass is 19.1. The minimum atomic E-state index is -1.02. The molecule has 2 rings (SSSR count). The Morgan fingerprint density at radius 1 is 1.50 bits per heavy atom. The smallest absolute Gasteiger partial charge is 0.309 e. The zero-order valence-corrected chi connectivity index (χ0v) is 9.47. The predicted molar refractivity (Wildman–Crippen MR) is 61.3 cm³/mol. The maximum atomic E-state index is 13.0. The van der Waals surface area contributed by atoms with Gasteiger partial charge in [-0.2, -0.15) is 5.10 Å². The summed E-state index contributed by atoms with van der Waals surface area (Å²) in [6.07, 6.45) is -0.229. The van der Waals surface area contributed by atoms with Crippen molar-refractivity contribution < 1.29 is 19.1 Å². The predicted octanol–water partition coefficient (Wildman–Crippen LogP) is 1.39. The van der Waals surface area contributed by atoms with Crippen molar-refractivity contribution in [3.05, 3.63) is 35.6 Å². The Labute approximate surface area is 103 Å². The largest absolute Gasteiger partial charge is 0.481 e. The summed E-state index contributed by atoms with van der Waals surface area (Å²) in [5, 5.41) is 13.7. The minimum Gasteiger partial charge on any atom is -0.481 e. The molecule has 0 atom stereocenters. The number of rotatable bonds is 4. The van der Waals surface area contributed by atoms with Gasteiger partial charge in [0.25, 0.3) is 0 Å². The molecule has 0 aliphatic carbocycles. The van der Waals surface area contributed by atoms with E-state index in [0.29, 0.717) is 11.3 Å². The van der Waals surface area contributed by atoms with E-state index in [2.05, 4.69) is 5.10 Å². The number of carboxylic acid groups (broad SMARTS) is 1. The Morgan fingerprint density at radius 3 is 2.94 bits per heavy atom. The minimum absolute atomic E-state index is 0.0155. The zero-order valence-electron chi connectivity index (χ0n) is 9.47. The van der Waals surface area contributed by atoms with Gasteiger partial charge in [0, 0.05) is 0 Å². The summed E-state index contributed by atoms with van der Waals surface area (Å²) < 4.78 is 13.0. The SMILES string of the molecule is O=C(O)CC1=NN(Cc2cccc(F)c2)C(=O)C1. The van der Waals surface area contributed by atoms with Crippen LogP contribution in [0.2, 0.25) is 0 Å². The lowest BCUT2D eigenvalue weighted by molar-refractivity contribution is -0.135. The molecule has 0 unspecified atom stereocenters. The van der Waals surface area contributed by atoms with Gasteiger partial charge in [-0.25, -0.2) is 9.40 Å². The molecule has 0 saturated carbocycles. The number of amides is 1. The lowest BCUT2D eigenvalue weighted by Crippen LogP contribution is -2.20. The van der Waals surface area contributed by atoms with Gasteiger partial charge in [-0.3, -0.25) is 9.59 Å². The van der Waals surface area contributed by atoms with Gasteiger partial charge in [0.2, 0.25) is 5.91 Å². The van der Waals surface area contributed by atoms with Crippen molar-refractivity contribution in [3.8, 4) is 0 Å². The van der Waals surface area contributed by atoms with Gasteiger partial charge in [-0.05, 0) is 17.7 Å². The summed E-state index contributed by atoms with van der Waals surface area (Å²) in [4.78, 5) is 22.1. The van der Waals surface area contributed by atoms with Gasteiger partial charge >= 0.3 is 5.97 Å². The second-order valence-electron chi connectivity index (χ2n) is 3.99. The molecule has 1 aliphatic rings. The molecule has 0 radical (unpaired) electrons. The second-order valence-corrected chi connectivity index (χ2v) is 3.99. The number of carbonyl (C=O) groups excluding carboxylic acids is 1. The first-order valence-corrected chi connectivity index (χ1v) is 5.37.